The number of esters is 1. The molecule has 1 aliphatic carbocycles. The van der Waals surface area contributed by atoms with Crippen LogP contribution in [-0.4, -0.2) is 27.5 Å². The van der Waals surface area contributed by atoms with E-state index in [-0.39, 0.29) is 23.8 Å². The lowest BCUT2D eigenvalue weighted by Crippen LogP contribution is -2.31. The van der Waals surface area contributed by atoms with Gasteiger partial charge in [-0.15, -0.1) is 0 Å². The normalized spacial score (nSPS) is 15.7. The highest BCUT2D eigenvalue weighted by molar-refractivity contribution is 5.92. The van der Waals surface area contributed by atoms with Gasteiger partial charge in [0.15, 0.2) is 11.3 Å². The quantitative estimate of drug-likeness (QED) is 0.807. The topological polar surface area (TPSA) is 81.4 Å². The van der Waals surface area contributed by atoms with Crippen molar-refractivity contribution in [1.82, 2.24) is 9.78 Å². The molecule has 0 amide bonds. The van der Waals surface area contributed by atoms with Gasteiger partial charge in [0.05, 0.1) is 6.61 Å². The van der Waals surface area contributed by atoms with Crippen LogP contribution in [-0.2, 0) is 11.3 Å². The van der Waals surface area contributed by atoms with Crippen molar-refractivity contribution in [2.45, 2.75) is 71.8 Å². The molecule has 1 N–H and O–H groups in total. The molecule has 6 heteroatoms. The van der Waals surface area contributed by atoms with E-state index in [0.29, 0.717) is 18.2 Å². The third kappa shape index (κ3) is 4.16. The second kappa shape index (κ2) is 8.31. The smallest absolute Gasteiger partial charge is 0.347 e. The first-order valence-electron chi connectivity index (χ1n) is 8.96. The molecule has 1 fully saturated rings. The summed E-state index contributed by atoms with van der Waals surface area (Å²) < 4.78 is 6.26. The number of aromatic hydroxyl groups is 1. The van der Waals surface area contributed by atoms with Gasteiger partial charge in [0.2, 0.25) is 0 Å². The van der Waals surface area contributed by atoms with Crippen LogP contribution >= 0.6 is 0 Å². The monoisotopic (exact) mass is 336 g/mol. The molecule has 1 aliphatic rings. The Balaban J connectivity index is 2.32. The highest BCUT2D eigenvalue weighted by Gasteiger charge is 2.25. The van der Waals surface area contributed by atoms with Crippen LogP contribution in [0.4, 0.5) is 0 Å². The van der Waals surface area contributed by atoms with Crippen molar-refractivity contribution in [2.24, 2.45) is 5.92 Å². The van der Waals surface area contributed by atoms with E-state index >= 15 is 0 Å². The first-order valence-corrected chi connectivity index (χ1v) is 8.96. The van der Waals surface area contributed by atoms with Crippen molar-refractivity contribution in [3.8, 4) is 5.75 Å². The number of aryl methyl sites for hydroxylation is 1. The molecule has 1 aromatic rings. The van der Waals surface area contributed by atoms with E-state index in [1.807, 2.05) is 13.8 Å². The van der Waals surface area contributed by atoms with Crippen molar-refractivity contribution >= 4 is 5.97 Å². The number of hydrogen-bond donors (Lipinski definition) is 1. The number of carbonyl (C=O) groups is 1. The van der Waals surface area contributed by atoms with Gasteiger partial charge in [0.1, 0.15) is 5.69 Å². The first kappa shape index (κ1) is 18.5. The molecule has 0 aliphatic heterocycles. The van der Waals surface area contributed by atoms with E-state index < -0.39 is 11.5 Å². The average molecular weight is 336 g/mol. The third-order valence-electron chi connectivity index (χ3n) is 4.66. The van der Waals surface area contributed by atoms with E-state index in [9.17, 15) is 14.7 Å². The molecule has 1 heterocycles. The molecule has 134 valence electrons. The summed E-state index contributed by atoms with van der Waals surface area (Å²) in [4.78, 5) is 24.7. The summed E-state index contributed by atoms with van der Waals surface area (Å²) in [6, 6.07) is 0. The van der Waals surface area contributed by atoms with Crippen molar-refractivity contribution in [2.75, 3.05) is 6.61 Å². The van der Waals surface area contributed by atoms with Gasteiger partial charge >= 0.3 is 5.97 Å². The maximum atomic E-state index is 12.6. The maximum Gasteiger partial charge on any atom is 0.347 e. The molecule has 0 aromatic carbocycles. The molecule has 1 saturated carbocycles. The fraction of sp³-hybridized carbons (Fsp3) is 0.722. The highest BCUT2D eigenvalue weighted by Crippen LogP contribution is 2.28. The van der Waals surface area contributed by atoms with Crippen LogP contribution in [0.2, 0.25) is 0 Å². The minimum absolute atomic E-state index is 0.0975. The number of ether oxygens (including phenoxy) is 1. The fourth-order valence-corrected chi connectivity index (χ4v) is 3.29. The molecule has 0 atom stereocenters. The lowest BCUT2D eigenvalue weighted by atomic mass is 9.87. The molecule has 0 saturated heterocycles. The summed E-state index contributed by atoms with van der Waals surface area (Å²) in [6.07, 6.45) is 7.03. The molecule has 0 unspecified atom stereocenters. The number of rotatable bonds is 6. The van der Waals surface area contributed by atoms with Gasteiger partial charge in [-0.05, 0) is 19.3 Å². The standard InChI is InChI=1S/C18H28N2O4/c1-4-24-18(23)14-16(21)15(12(2)3)19-20(17(14)22)11-10-13-8-6-5-7-9-13/h12-13,21H,4-11H2,1-3H3. The maximum absolute atomic E-state index is 12.6. The zero-order valence-electron chi connectivity index (χ0n) is 14.9. The zero-order chi connectivity index (χ0) is 17.7. The number of hydrogen-bond acceptors (Lipinski definition) is 5. The van der Waals surface area contributed by atoms with Crippen LogP contribution in [0, 0.1) is 5.92 Å². The number of aromatic nitrogens is 2. The Morgan fingerprint density at radius 2 is 2.00 bits per heavy atom. The van der Waals surface area contributed by atoms with Gasteiger partial charge in [0.25, 0.3) is 5.56 Å². The Morgan fingerprint density at radius 1 is 1.33 bits per heavy atom. The minimum Gasteiger partial charge on any atom is -0.505 e. The summed E-state index contributed by atoms with van der Waals surface area (Å²) >= 11 is 0. The molecular formula is C18H28N2O4. The second-order valence-corrected chi connectivity index (χ2v) is 6.81. The van der Waals surface area contributed by atoms with Crippen LogP contribution in [0.15, 0.2) is 4.79 Å². The summed E-state index contributed by atoms with van der Waals surface area (Å²) in [5.41, 5.74) is -0.494. The van der Waals surface area contributed by atoms with Crippen LogP contribution in [0.25, 0.3) is 0 Å². The van der Waals surface area contributed by atoms with Gasteiger partial charge in [-0.1, -0.05) is 46.0 Å². The number of carbonyl (C=O) groups excluding carboxylic acids is 1. The second-order valence-electron chi connectivity index (χ2n) is 6.81. The van der Waals surface area contributed by atoms with Gasteiger partial charge in [-0.2, -0.15) is 5.10 Å². The van der Waals surface area contributed by atoms with Crippen molar-refractivity contribution in [3.63, 3.8) is 0 Å². The molecule has 0 radical (unpaired) electrons. The molecule has 6 nitrogen and oxygen atoms in total. The Hall–Kier alpha value is -1.85. The van der Waals surface area contributed by atoms with Crippen molar-refractivity contribution in [1.29, 1.82) is 0 Å². The van der Waals surface area contributed by atoms with Gasteiger partial charge in [-0.25, -0.2) is 9.48 Å². The zero-order valence-corrected chi connectivity index (χ0v) is 14.9. The summed E-state index contributed by atoms with van der Waals surface area (Å²) in [5.74, 6) is -0.618. The summed E-state index contributed by atoms with van der Waals surface area (Å²) in [5, 5.41) is 14.6. The third-order valence-corrected chi connectivity index (χ3v) is 4.66. The van der Waals surface area contributed by atoms with Crippen molar-refractivity contribution in [3.05, 3.63) is 21.6 Å². The highest BCUT2D eigenvalue weighted by atomic mass is 16.5. The van der Waals surface area contributed by atoms with Crippen LogP contribution in [0.5, 0.6) is 5.75 Å². The van der Waals surface area contributed by atoms with Gasteiger partial charge in [0, 0.05) is 12.5 Å². The first-order chi connectivity index (χ1) is 11.5. The van der Waals surface area contributed by atoms with Crippen molar-refractivity contribution < 1.29 is 14.6 Å². The molecule has 24 heavy (non-hydrogen) atoms. The largest absolute Gasteiger partial charge is 0.505 e. The lowest BCUT2D eigenvalue weighted by Gasteiger charge is -2.22. The Labute approximate surface area is 142 Å². The lowest BCUT2D eigenvalue weighted by molar-refractivity contribution is 0.0518. The molecule has 0 spiro atoms. The van der Waals surface area contributed by atoms with E-state index in [1.165, 1.54) is 36.8 Å². The van der Waals surface area contributed by atoms with E-state index in [1.54, 1.807) is 6.92 Å². The van der Waals surface area contributed by atoms with E-state index in [4.69, 9.17) is 4.74 Å². The predicted octanol–water partition coefficient (Wildman–Crippen LogP) is 3.22. The summed E-state index contributed by atoms with van der Waals surface area (Å²) in [7, 11) is 0. The van der Waals surface area contributed by atoms with E-state index in [0.717, 1.165) is 6.42 Å². The SMILES string of the molecule is CCOC(=O)c1c(O)c(C(C)C)nn(CCC2CCCCC2)c1=O. The van der Waals surface area contributed by atoms with Crippen LogP contribution < -0.4 is 5.56 Å². The van der Waals surface area contributed by atoms with Crippen LogP contribution in [0.3, 0.4) is 0 Å². The minimum atomic E-state index is -0.782. The molecule has 0 bridgehead atoms. The Morgan fingerprint density at radius 3 is 2.58 bits per heavy atom. The summed E-state index contributed by atoms with van der Waals surface area (Å²) in [6.45, 7) is 6.02. The molecule has 1 aromatic heterocycles. The van der Waals surface area contributed by atoms with Gasteiger partial charge in [-0.3, -0.25) is 4.79 Å². The Bertz CT molecular complexity index is 631. The molecular weight excluding hydrogens is 308 g/mol. The van der Waals surface area contributed by atoms with Gasteiger partial charge < -0.3 is 9.84 Å². The van der Waals surface area contributed by atoms with E-state index in [2.05, 4.69) is 5.10 Å². The molecule has 2 rings (SSSR count). The average Bonchev–Trinajstić information content (AvgIpc) is 2.55. The fourth-order valence-electron chi connectivity index (χ4n) is 3.29. The predicted molar refractivity (Wildman–Crippen MR) is 91.4 cm³/mol. The number of nitrogens with zero attached hydrogens (tertiary/aromatic N) is 2. The Kier molecular flexibility index (Phi) is 6.40. The van der Waals surface area contributed by atoms with Crippen LogP contribution in [0.1, 0.15) is 81.3 Å².